The Morgan fingerprint density at radius 1 is 1.40 bits per heavy atom. The Morgan fingerprint density at radius 3 is 2.95 bits per heavy atom. The topological polar surface area (TPSA) is 75.3 Å². The molecule has 0 unspecified atom stereocenters. The van der Waals surface area contributed by atoms with E-state index in [1.54, 1.807) is 19.5 Å². The van der Waals surface area contributed by atoms with Crippen LogP contribution in [0.3, 0.4) is 0 Å². The fraction of sp³-hybridized carbons (Fsp3) is 0.643. The van der Waals surface area contributed by atoms with Gasteiger partial charge in [-0.2, -0.15) is 4.98 Å². The van der Waals surface area contributed by atoms with Gasteiger partial charge in [0.1, 0.15) is 0 Å². The van der Waals surface area contributed by atoms with Crippen molar-refractivity contribution >= 4 is 5.96 Å². The van der Waals surface area contributed by atoms with E-state index < -0.39 is 0 Å². The Labute approximate surface area is 119 Å². The van der Waals surface area contributed by atoms with Crippen molar-refractivity contribution in [2.45, 2.75) is 45.6 Å². The molecule has 1 heterocycles. The summed E-state index contributed by atoms with van der Waals surface area (Å²) in [4.78, 5) is 8.32. The monoisotopic (exact) mass is 277 g/mol. The van der Waals surface area contributed by atoms with Crippen molar-refractivity contribution in [2.75, 3.05) is 13.6 Å². The summed E-state index contributed by atoms with van der Waals surface area (Å²) in [5, 5.41) is 10.3. The maximum absolute atomic E-state index is 4.92. The minimum absolute atomic E-state index is 0.514. The van der Waals surface area contributed by atoms with Crippen LogP contribution in [0.4, 0.5) is 0 Å². The predicted octanol–water partition coefficient (Wildman–Crippen LogP) is 1.93. The molecule has 0 bridgehead atoms. The van der Waals surface area contributed by atoms with Crippen molar-refractivity contribution in [2.24, 2.45) is 4.99 Å². The van der Waals surface area contributed by atoms with Crippen molar-refractivity contribution in [1.29, 1.82) is 0 Å². The van der Waals surface area contributed by atoms with Crippen LogP contribution >= 0.6 is 0 Å². The van der Waals surface area contributed by atoms with Crippen LogP contribution in [0.15, 0.2) is 21.2 Å². The third kappa shape index (κ3) is 4.68. The summed E-state index contributed by atoms with van der Waals surface area (Å²) in [7, 11) is 1.76. The van der Waals surface area contributed by atoms with Gasteiger partial charge in [0.15, 0.2) is 11.8 Å². The maximum Gasteiger partial charge on any atom is 0.223 e. The van der Waals surface area contributed by atoms with Gasteiger partial charge in [0, 0.05) is 20.5 Å². The van der Waals surface area contributed by atoms with Gasteiger partial charge < -0.3 is 15.2 Å². The summed E-state index contributed by atoms with van der Waals surface area (Å²) < 4.78 is 4.92. The number of aryl methyl sites for hydroxylation is 1. The van der Waals surface area contributed by atoms with E-state index in [4.69, 9.17) is 4.52 Å². The Kier molecular flexibility index (Phi) is 5.58. The van der Waals surface area contributed by atoms with E-state index in [0.717, 1.165) is 18.9 Å². The molecule has 0 radical (unpaired) electrons. The molecule has 6 heteroatoms. The first kappa shape index (κ1) is 14.6. The zero-order chi connectivity index (χ0) is 14.2. The normalized spacial score (nSPS) is 15.9. The van der Waals surface area contributed by atoms with E-state index in [2.05, 4.69) is 31.8 Å². The van der Waals surface area contributed by atoms with Crippen LogP contribution in [0.5, 0.6) is 0 Å². The number of guanidine groups is 1. The molecule has 2 N–H and O–H groups in total. The van der Waals surface area contributed by atoms with Gasteiger partial charge in [-0.25, -0.2) is 0 Å². The third-order valence-corrected chi connectivity index (χ3v) is 3.33. The SMILES string of the molecule is CN=C(NCCC1=CCCCC1)NCc1noc(C)n1. The molecule has 1 aliphatic rings. The largest absolute Gasteiger partial charge is 0.356 e. The molecule has 1 aliphatic carbocycles. The van der Waals surface area contributed by atoms with E-state index in [1.165, 1.54) is 25.7 Å². The number of hydrogen-bond acceptors (Lipinski definition) is 4. The second-order valence-electron chi connectivity index (χ2n) is 4.94. The molecule has 0 atom stereocenters. The van der Waals surface area contributed by atoms with Gasteiger partial charge in [0.05, 0.1) is 6.54 Å². The average Bonchev–Trinajstić information content (AvgIpc) is 2.89. The number of rotatable bonds is 5. The fourth-order valence-corrected chi connectivity index (χ4v) is 2.27. The molecule has 0 amide bonds. The second kappa shape index (κ2) is 7.67. The molecule has 6 nitrogen and oxygen atoms in total. The number of aliphatic imine (C=N–C) groups is 1. The van der Waals surface area contributed by atoms with Crippen molar-refractivity contribution in [3.8, 4) is 0 Å². The zero-order valence-corrected chi connectivity index (χ0v) is 12.3. The summed E-state index contributed by atoms with van der Waals surface area (Å²) in [5.74, 6) is 1.98. The molecule has 1 aromatic heterocycles. The van der Waals surface area contributed by atoms with Crippen molar-refractivity contribution in [3.05, 3.63) is 23.4 Å². The zero-order valence-electron chi connectivity index (χ0n) is 12.3. The van der Waals surface area contributed by atoms with Gasteiger partial charge in [-0.15, -0.1) is 0 Å². The standard InChI is InChI=1S/C14H23N5O/c1-11-18-13(19-20-11)10-17-14(15-2)16-9-8-12-6-4-3-5-7-12/h6H,3-5,7-10H2,1-2H3,(H2,15,16,17). The molecule has 0 aliphatic heterocycles. The average molecular weight is 277 g/mol. The summed E-state index contributed by atoms with van der Waals surface area (Å²) in [6.07, 6.45) is 8.61. The molecule has 110 valence electrons. The van der Waals surface area contributed by atoms with Gasteiger partial charge >= 0.3 is 0 Å². The summed E-state index contributed by atoms with van der Waals surface area (Å²) >= 11 is 0. The minimum atomic E-state index is 0.514. The van der Waals surface area contributed by atoms with Crippen molar-refractivity contribution in [1.82, 2.24) is 20.8 Å². The first-order chi connectivity index (χ1) is 9.78. The second-order valence-corrected chi connectivity index (χ2v) is 4.94. The van der Waals surface area contributed by atoms with E-state index in [1.807, 2.05) is 0 Å². The van der Waals surface area contributed by atoms with Gasteiger partial charge in [-0.05, 0) is 32.1 Å². The van der Waals surface area contributed by atoms with Gasteiger partial charge in [0.25, 0.3) is 0 Å². The molecule has 0 spiro atoms. The molecular weight excluding hydrogens is 254 g/mol. The van der Waals surface area contributed by atoms with Gasteiger partial charge in [-0.3, -0.25) is 4.99 Å². The number of nitrogens with zero attached hydrogens (tertiary/aromatic N) is 3. The molecule has 0 saturated carbocycles. The molecule has 0 fully saturated rings. The molecule has 1 aromatic rings. The van der Waals surface area contributed by atoms with E-state index in [-0.39, 0.29) is 0 Å². The van der Waals surface area contributed by atoms with Crippen molar-refractivity contribution < 1.29 is 4.52 Å². The highest BCUT2D eigenvalue weighted by Gasteiger charge is 2.05. The summed E-state index contributed by atoms with van der Waals surface area (Å²) in [5.41, 5.74) is 1.56. The van der Waals surface area contributed by atoms with Crippen LogP contribution in [-0.4, -0.2) is 29.7 Å². The number of allylic oxidation sites excluding steroid dienone is 1. The summed E-state index contributed by atoms with van der Waals surface area (Å²) in [6.45, 7) is 3.19. The van der Waals surface area contributed by atoms with E-state index >= 15 is 0 Å². The van der Waals surface area contributed by atoms with Gasteiger partial charge in [-0.1, -0.05) is 16.8 Å². The predicted molar refractivity (Wildman–Crippen MR) is 78.4 cm³/mol. The van der Waals surface area contributed by atoms with Crippen LogP contribution in [0.1, 0.15) is 43.8 Å². The highest BCUT2D eigenvalue weighted by atomic mass is 16.5. The Hall–Kier alpha value is -1.85. The number of nitrogens with one attached hydrogen (secondary N) is 2. The lowest BCUT2D eigenvalue weighted by Crippen LogP contribution is -2.37. The number of aromatic nitrogens is 2. The van der Waals surface area contributed by atoms with Crippen LogP contribution in [0.25, 0.3) is 0 Å². The fourth-order valence-electron chi connectivity index (χ4n) is 2.27. The highest BCUT2D eigenvalue weighted by molar-refractivity contribution is 5.79. The molecular formula is C14H23N5O. The van der Waals surface area contributed by atoms with Crippen LogP contribution in [0, 0.1) is 6.92 Å². The lowest BCUT2D eigenvalue weighted by molar-refractivity contribution is 0.387. The van der Waals surface area contributed by atoms with Crippen LogP contribution in [0.2, 0.25) is 0 Å². The quantitative estimate of drug-likeness (QED) is 0.488. The Balaban J connectivity index is 1.68. The van der Waals surface area contributed by atoms with Crippen molar-refractivity contribution in [3.63, 3.8) is 0 Å². The van der Waals surface area contributed by atoms with E-state index in [0.29, 0.717) is 18.3 Å². The van der Waals surface area contributed by atoms with Gasteiger partial charge in [0.2, 0.25) is 5.89 Å². The first-order valence-corrected chi connectivity index (χ1v) is 7.19. The molecule has 20 heavy (non-hydrogen) atoms. The van der Waals surface area contributed by atoms with Crippen LogP contribution in [-0.2, 0) is 6.54 Å². The highest BCUT2D eigenvalue weighted by Crippen LogP contribution is 2.19. The lowest BCUT2D eigenvalue weighted by Gasteiger charge is -2.14. The Morgan fingerprint density at radius 2 is 2.30 bits per heavy atom. The third-order valence-electron chi connectivity index (χ3n) is 3.33. The molecule has 2 rings (SSSR count). The van der Waals surface area contributed by atoms with Crippen LogP contribution < -0.4 is 10.6 Å². The minimum Gasteiger partial charge on any atom is -0.356 e. The molecule has 0 aromatic carbocycles. The Bertz CT molecular complexity index is 478. The first-order valence-electron chi connectivity index (χ1n) is 7.19. The number of hydrogen-bond donors (Lipinski definition) is 2. The molecule has 0 saturated heterocycles. The van der Waals surface area contributed by atoms with E-state index in [9.17, 15) is 0 Å². The summed E-state index contributed by atoms with van der Waals surface area (Å²) in [6, 6.07) is 0. The lowest BCUT2D eigenvalue weighted by atomic mass is 9.97. The maximum atomic E-state index is 4.92. The smallest absolute Gasteiger partial charge is 0.223 e.